The number of benzene rings is 3. The monoisotopic (exact) mass is 440 g/mol. The summed E-state index contributed by atoms with van der Waals surface area (Å²) < 4.78 is 41.5. The maximum atomic E-state index is 13.2. The molecule has 1 atom stereocenters. The molecule has 2 N–H and O–H groups in total. The first-order valence-electron chi connectivity index (χ1n) is 10.0. The molecule has 31 heavy (non-hydrogen) atoms. The lowest BCUT2D eigenvalue weighted by molar-refractivity contribution is -0.117. The van der Waals surface area contributed by atoms with Crippen LogP contribution in [0.4, 0.5) is 10.1 Å². The Labute approximate surface area is 182 Å². The highest BCUT2D eigenvalue weighted by Gasteiger charge is 2.27. The third kappa shape index (κ3) is 5.77. The van der Waals surface area contributed by atoms with Gasteiger partial charge in [-0.15, -0.1) is 0 Å². The number of hydrogen-bond acceptors (Lipinski definition) is 3. The molecule has 0 heterocycles. The molecule has 1 amide bonds. The second-order valence-corrected chi connectivity index (χ2v) is 8.98. The summed E-state index contributed by atoms with van der Waals surface area (Å²) in [5.74, 6) is -0.997. The molecule has 0 saturated heterocycles. The summed E-state index contributed by atoms with van der Waals surface area (Å²) in [5.41, 5.74) is 3.36. The minimum absolute atomic E-state index is 0.107. The number of carbonyl (C=O) groups excluding carboxylic acids is 1. The number of nitrogens with one attached hydrogen (secondary N) is 2. The van der Waals surface area contributed by atoms with Crippen molar-refractivity contribution in [3.63, 3.8) is 0 Å². The molecule has 3 aromatic rings. The largest absolute Gasteiger partial charge is 0.324 e. The van der Waals surface area contributed by atoms with Crippen LogP contribution in [0.3, 0.4) is 0 Å². The Morgan fingerprint density at radius 1 is 0.968 bits per heavy atom. The fraction of sp³-hybridized carbons (Fsp3) is 0.208. The van der Waals surface area contributed by atoms with E-state index in [1.807, 2.05) is 62.4 Å². The fourth-order valence-corrected chi connectivity index (χ4v) is 4.51. The number of para-hydroxylation sites is 1. The number of amides is 1. The molecule has 0 bridgehead atoms. The van der Waals surface area contributed by atoms with Gasteiger partial charge in [-0.1, -0.05) is 55.5 Å². The average Bonchev–Trinajstić information content (AvgIpc) is 2.75. The quantitative estimate of drug-likeness (QED) is 0.551. The summed E-state index contributed by atoms with van der Waals surface area (Å²) in [6.45, 7) is 3.88. The summed E-state index contributed by atoms with van der Waals surface area (Å²) in [6, 6.07) is 18.3. The summed E-state index contributed by atoms with van der Waals surface area (Å²) in [6.07, 6.45) is 0.891. The van der Waals surface area contributed by atoms with Crippen molar-refractivity contribution in [3.05, 3.63) is 95.3 Å². The lowest BCUT2D eigenvalue weighted by atomic mass is 10.0. The molecule has 7 heteroatoms. The van der Waals surface area contributed by atoms with E-state index in [1.54, 1.807) is 0 Å². The smallest absolute Gasteiger partial charge is 0.242 e. The van der Waals surface area contributed by atoms with Gasteiger partial charge in [0.25, 0.3) is 0 Å². The molecular formula is C24H25FN2O3S. The summed E-state index contributed by atoms with van der Waals surface area (Å²) >= 11 is 0. The highest BCUT2D eigenvalue weighted by Crippen LogP contribution is 2.22. The second-order valence-electron chi connectivity index (χ2n) is 7.27. The van der Waals surface area contributed by atoms with E-state index in [2.05, 4.69) is 10.0 Å². The second kappa shape index (κ2) is 9.85. The topological polar surface area (TPSA) is 75.3 Å². The standard InChI is InChI=1S/C24H25FN2O3S/c1-3-19-11-7-8-17(2)23(19)26-24(28)22(16-18-9-5-4-6-10-18)27-31(29,30)21-14-12-20(25)13-15-21/h4-15,22,27H,3,16H2,1-2H3,(H,26,28). The van der Waals surface area contributed by atoms with Gasteiger partial charge in [0.1, 0.15) is 11.9 Å². The summed E-state index contributed by atoms with van der Waals surface area (Å²) in [5, 5.41) is 2.91. The van der Waals surface area contributed by atoms with Crippen molar-refractivity contribution in [2.45, 2.75) is 37.6 Å². The molecule has 3 aromatic carbocycles. The molecular weight excluding hydrogens is 415 g/mol. The lowest BCUT2D eigenvalue weighted by Gasteiger charge is -2.21. The maximum absolute atomic E-state index is 13.2. The van der Waals surface area contributed by atoms with Crippen LogP contribution in [0.1, 0.15) is 23.6 Å². The average molecular weight is 441 g/mol. The van der Waals surface area contributed by atoms with Crippen LogP contribution in [0.5, 0.6) is 0 Å². The van der Waals surface area contributed by atoms with Gasteiger partial charge in [-0.25, -0.2) is 12.8 Å². The van der Waals surface area contributed by atoms with Crippen molar-refractivity contribution in [2.75, 3.05) is 5.32 Å². The minimum atomic E-state index is -4.04. The number of hydrogen-bond donors (Lipinski definition) is 2. The molecule has 5 nitrogen and oxygen atoms in total. The maximum Gasteiger partial charge on any atom is 0.242 e. The zero-order valence-electron chi connectivity index (χ0n) is 17.4. The van der Waals surface area contributed by atoms with Gasteiger partial charge >= 0.3 is 0 Å². The van der Waals surface area contributed by atoms with Gasteiger partial charge in [0.15, 0.2) is 0 Å². The third-order valence-corrected chi connectivity index (χ3v) is 6.50. The number of sulfonamides is 1. The molecule has 0 radical (unpaired) electrons. The van der Waals surface area contributed by atoms with E-state index >= 15 is 0 Å². The molecule has 1 unspecified atom stereocenters. The molecule has 162 valence electrons. The van der Waals surface area contributed by atoms with Crippen LogP contribution in [-0.2, 0) is 27.7 Å². The van der Waals surface area contributed by atoms with Gasteiger partial charge in [-0.2, -0.15) is 4.72 Å². The van der Waals surface area contributed by atoms with Crippen LogP contribution in [0.15, 0.2) is 77.7 Å². The first-order chi connectivity index (χ1) is 14.8. The SMILES string of the molecule is CCc1cccc(C)c1NC(=O)C(Cc1ccccc1)NS(=O)(=O)c1ccc(F)cc1. The molecule has 0 saturated carbocycles. The molecule has 0 aromatic heterocycles. The van der Waals surface area contributed by atoms with Gasteiger partial charge in [0.05, 0.1) is 4.90 Å². The van der Waals surface area contributed by atoms with Gasteiger partial charge in [0.2, 0.25) is 15.9 Å². The Morgan fingerprint density at radius 2 is 1.65 bits per heavy atom. The molecule has 0 aliphatic heterocycles. The molecule has 0 spiro atoms. The Balaban J connectivity index is 1.91. The number of carbonyl (C=O) groups is 1. The number of anilines is 1. The minimum Gasteiger partial charge on any atom is -0.324 e. The number of aryl methyl sites for hydroxylation is 2. The van der Waals surface area contributed by atoms with Crippen molar-refractivity contribution in [3.8, 4) is 0 Å². The highest BCUT2D eigenvalue weighted by atomic mass is 32.2. The normalized spacial score (nSPS) is 12.4. The fourth-order valence-electron chi connectivity index (χ4n) is 3.32. The van der Waals surface area contributed by atoms with E-state index in [0.717, 1.165) is 35.2 Å². The molecule has 0 fully saturated rings. The predicted molar refractivity (Wildman–Crippen MR) is 120 cm³/mol. The van der Waals surface area contributed by atoms with Crippen molar-refractivity contribution >= 4 is 21.6 Å². The van der Waals surface area contributed by atoms with Crippen molar-refractivity contribution in [1.29, 1.82) is 0 Å². The molecule has 0 aliphatic rings. The van der Waals surface area contributed by atoms with Crippen molar-refractivity contribution < 1.29 is 17.6 Å². The Bertz CT molecular complexity index is 1150. The van der Waals surface area contributed by atoms with Crippen LogP contribution in [0, 0.1) is 12.7 Å². The van der Waals surface area contributed by atoms with Crippen LogP contribution in [0.25, 0.3) is 0 Å². The van der Waals surface area contributed by atoms with Gasteiger partial charge < -0.3 is 5.32 Å². The first-order valence-corrected chi connectivity index (χ1v) is 11.5. The van der Waals surface area contributed by atoms with E-state index < -0.39 is 27.8 Å². The van der Waals surface area contributed by atoms with Gasteiger partial charge in [-0.3, -0.25) is 4.79 Å². The van der Waals surface area contributed by atoms with Crippen molar-refractivity contribution in [1.82, 2.24) is 4.72 Å². The van der Waals surface area contributed by atoms with E-state index in [4.69, 9.17) is 0 Å². The number of rotatable bonds is 8. The Hall–Kier alpha value is -3.03. The Morgan fingerprint density at radius 3 is 2.29 bits per heavy atom. The van der Waals surface area contributed by atoms with Crippen LogP contribution in [-0.4, -0.2) is 20.4 Å². The number of halogens is 1. The van der Waals surface area contributed by atoms with E-state index in [-0.39, 0.29) is 11.3 Å². The third-order valence-electron chi connectivity index (χ3n) is 5.01. The van der Waals surface area contributed by atoms with E-state index in [0.29, 0.717) is 5.69 Å². The lowest BCUT2D eigenvalue weighted by Crippen LogP contribution is -2.45. The predicted octanol–water partition coefficient (Wildman–Crippen LogP) is 4.22. The van der Waals surface area contributed by atoms with Crippen LogP contribution < -0.4 is 10.0 Å². The highest BCUT2D eigenvalue weighted by molar-refractivity contribution is 7.89. The summed E-state index contributed by atoms with van der Waals surface area (Å²) in [7, 11) is -4.04. The zero-order chi connectivity index (χ0) is 22.4. The van der Waals surface area contributed by atoms with E-state index in [1.165, 1.54) is 12.1 Å². The van der Waals surface area contributed by atoms with E-state index in [9.17, 15) is 17.6 Å². The van der Waals surface area contributed by atoms with Gasteiger partial charge in [0, 0.05) is 5.69 Å². The van der Waals surface area contributed by atoms with Crippen LogP contribution >= 0.6 is 0 Å². The van der Waals surface area contributed by atoms with Gasteiger partial charge in [-0.05, 0) is 60.7 Å². The van der Waals surface area contributed by atoms with Crippen LogP contribution in [0.2, 0.25) is 0 Å². The first kappa shape index (κ1) is 22.7. The molecule has 3 rings (SSSR count). The van der Waals surface area contributed by atoms with Crippen molar-refractivity contribution in [2.24, 2.45) is 0 Å². The zero-order valence-corrected chi connectivity index (χ0v) is 18.2. The Kier molecular flexibility index (Phi) is 7.20. The summed E-state index contributed by atoms with van der Waals surface area (Å²) in [4.78, 5) is 13.1. The molecule has 0 aliphatic carbocycles.